The minimum Gasteiger partial charge on any atom is -0.370 e. The van der Waals surface area contributed by atoms with Crippen molar-refractivity contribution in [1.29, 1.82) is 0 Å². The highest BCUT2D eigenvalue weighted by atomic mass is 35.5. The van der Waals surface area contributed by atoms with Crippen molar-refractivity contribution in [2.75, 3.05) is 45.2 Å². The fourth-order valence-corrected chi connectivity index (χ4v) is 4.61. The van der Waals surface area contributed by atoms with Crippen molar-refractivity contribution in [3.63, 3.8) is 0 Å². The van der Waals surface area contributed by atoms with Crippen LogP contribution in [0.4, 0.5) is 10.2 Å². The number of hydrogen-bond donors (Lipinski definition) is 0. The Morgan fingerprint density at radius 3 is 2.81 bits per heavy atom. The smallest absolute Gasteiger partial charge is 0.263 e. The third kappa shape index (κ3) is 5.09. The molecule has 0 unspecified atom stereocenters. The fourth-order valence-electron chi connectivity index (χ4n) is 4.45. The van der Waals surface area contributed by atoms with Gasteiger partial charge in [0.2, 0.25) is 0 Å². The van der Waals surface area contributed by atoms with Crippen LogP contribution in [0.2, 0.25) is 5.02 Å². The minimum absolute atomic E-state index is 0.200. The van der Waals surface area contributed by atoms with Gasteiger partial charge in [0.25, 0.3) is 5.56 Å². The topological polar surface area (TPSA) is 81.3 Å². The van der Waals surface area contributed by atoms with Crippen LogP contribution in [-0.4, -0.2) is 69.6 Å². The molecule has 1 aliphatic heterocycles. The molecule has 1 aromatic carbocycles. The lowest BCUT2D eigenvalue weighted by Gasteiger charge is -2.33. The molecule has 4 heterocycles. The molecule has 5 rings (SSSR count). The largest absolute Gasteiger partial charge is 0.370 e. The van der Waals surface area contributed by atoms with Crippen molar-refractivity contribution in [3.8, 4) is 11.3 Å². The lowest BCUT2D eigenvalue weighted by atomic mass is 10.1. The third-order valence-electron chi connectivity index (χ3n) is 6.65. The second kappa shape index (κ2) is 10.2. The van der Waals surface area contributed by atoms with Crippen LogP contribution in [0, 0.1) is 12.7 Å². The molecule has 4 aromatic rings. The van der Waals surface area contributed by atoms with E-state index in [0.717, 1.165) is 18.7 Å². The average molecular weight is 526 g/mol. The molecule has 194 valence electrons. The van der Waals surface area contributed by atoms with Crippen molar-refractivity contribution in [3.05, 3.63) is 69.2 Å². The number of pyridine rings is 1. The normalized spacial score (nSPS) is 16.2. The summed E-state index contributed by atoms with van der Waals surface area (Å²) in [4.78, 5) is 26.9. The lowest BCUT2D eigenvalue weighted by Crippen LogP contribution is -2.39. The number of rotatable bonds is 6. The Labute approximate surface area is 219 Å². The summed E-state index contributed by atoms with van der Waals surface area (Å²) in [7, 11) is 5.70. The van der Waals surface area contributed by atoms with E-state index in [9.17, 15) is 4.79 Å². The highest BCUT2D eigenvalue weighted by Crippen LogP contribution is 2.32. The van der Waals surface area contributed by atoms with E-state index in [1.54, 1.807) is 32.2 Å². The van der Waals surface area contributed by atoms with Crippen LogP contribution in [0.25, 0.3) is 22.2 Å². The molecule has 1 atom stereocenters. The number of fused-ring (bicyclic) bond motifs is 1. The molecule has 1 saturated heterocycles. The van der Waals surface area contributed by atoms with Gasteiger partial charge in [-0.05, 0) is 39.2 Å². The van der Waals surface area contributed by atoms with E-state index >= 15 is 4.39 Å². The van der Waals surface area contributed by atoms with Gasteiger partial charge in [-0.1, -0.05) is 11.6 Å². The molecule has 0 spiro atoms. The van der Waals surface area contributed by atoms with E-state index in [-0.39, 0.29) is 33.3 Å². The quantitative estimate of drug-likeness (QED) is 0.381. The van der Waals surface area contributed by atoms with E-state index < -0.39 is 5.82 Å². The van der Waals surface area contributed by atoms with Crippen LogP contribution in [0.5, 0.6) is 0 Å². The van der Waals surface area contributed by atoms with Gasteiger partial charge in [-0.25, -0.2) is 14.4 Å². The first kappa shape index (κ1) is 25.3. The molecule has 9 nitrogen and oxygen atoms in total. The van der Waals surface area contributed by atoms with Gasteiger partial charge in [0.05, 0.1) is 35.9 Å². The van der Waals surface area contributed by atoms with Crippen molar-refractivity contribution >= 4 is 28.3 Å². The first-order valence-corrected chi connectivity index (χ1v) is 12.5. The third-order valence-corrected chi connectivity index (χ3v) is 6.88. The Kier molecular flexibility index (Phi) is 6.98. The zero-order valence-electron chi connectivity index (χ0n) is 21.3. The Hall–Kier alpha value is -3.34. The minimum atomic E-state index is -0.550. The molecule has 37 heavy (non-hydrogen) atoms. The molecule has 1 aliphatic rings. The molecule has 3 aromatic heterocycles. The number of morpholine rings is 1. The predicted molar refractivity (Wildman–Crippen MR) is 142 cm³/mol. The van der Waals surface area contributed by atoms with Crippen molar-refractivity contribution < 1.29 is 9.13 Å². The van der Waals surface area contributed by atoms with E-state index in [2.05, 4.69) is 19.9 Å². The monoisotopic (exact) mass is 525 g/mol. The number of benzene rings is 1. The van der Waals surface area contributed by atoms with Crippen molar-refractivity contribution in [2.24, 2.45) is 7.05 Å². The van der Waals surface area contributed by atoms with Crippen LogP contribution in [0.15, 0.2) is 41.5 Å². The second-order valence-electron chi connectivity index (χ2n) is 9.52. The summed E-state index contributed by atoms with van der Waals surface area (Å²) in [6, 6.07) is 6.16. The molecule has 0 amide bonds. The molecule has 0 saturated carbocycles. The summed E-state index contributed by atoms with van der Waals surface area (Å²) in [6.45, 7) is 5.05. The predicted octanol–water partition coefficient (Wildman–Crippen LogP) is 3.43. The number of nitrogens with zero attached hydrogens (tertiary/aromatic N) is 7. The Bertz CT molecular complexity index is 1520. The number of likely N-dealkylation sites (N-methyl/N-ethyl adjacent to an activating group) is 1. The molecule has 0 N–H and O–H groups in total. The lowest BCUT2D eigenvalue weighted by molar-refractivity contribution is 0.0395. The SMILES string of the molecule is Cc1nc2cc(N3CCO[C@@H](c4cnn(CCN(C)C)c4)C3)nc(-c3ccc(Cl)cc3F)c2c(=O)n1C. The van der Waals surface area contributed by atoms with Gasteiger partial charge >= 0.3 is 0 Å². The maximum absolute atomic E-state index is 15.0. The van der Waals surface area contributed by atoms with Gasteiger partial charge in [-0.2, -0.15) is 5.10 Å². The van der Waals surface area contributed by atoms with Crippen LogP contribution < -0.4 is 10.5 Å². The Morgan fingerprint density at radius 2 is 2.05 bits per heavy atom. The van der Waals surface area contributed by atoms with Crippen LogP contribution >= 0.6 is 11.6 Å². The number of halogens is 2. The fraction of sp³-hybridized carbons (Fsp3) is 0.385. The first-order valence-electron chi connectivity index (χ1n) is 12.1. The number of hydrogen-bond acceptors (Lipinski definition) is 7. The maximum atomic E-state index is 15.0. The van der Waals surface area contributed by atoms with E-state index in [1.165, 1.54) is 10.6 Å². The van der Waals surface area contributed by atoms with Gasteiger partial charge in [-0.15, -0.1) is 0 Å². The Morgan fingerprint density at radius 1 is 1.24 bits per heavy atom. The molecule has 1 fully saturated rings. The van der Waals surface area contributed by atoms with Crippen molar-refractivity contribution in [2.45, 2.75) is 19.6 Å². The summed E-state index contributed by atoms with van der Waals surface area (Å²) >= 11 is 5.99. The van der Waals surface area contributed by atoms with Crippen LogP contribution in [0.3, 0.4) is 0 Å². The van der Waals surface area contributed by atoms with E-state index in [4.69, 9.17) is 21.3 Å². The maximum Gasteiger partial charge on any atom is 0.263 e. The molecule has 11 heteroatoms. The van der Waals surface area contributed by atoms with Gasteiger partial charge < -0.3 is 14.5 Å². The van der Waals surface area contributed by atoms with Gasteiger partial charge in [0.1, 0.15) is 23.6 Å². The number of ether oxygens (including phenoxy) is 1. The summed E-state index contributed by atoms with van der Waals surface area (Å²) in [5.74, 6) is 0.610. The van der Waals surface area contributed by atoms with Crippen molar-refractivity contribution in [1.82, 2.24) is 29.2 Å². The first-order chi connectivity index (χ1) is 17.7. The van der Waals surface area contributed by atoms with Gasteiger partial charge in [0.15, 0.2) is 0 Å². The zero-order valence-corrected chi connectivity index (χ0v) is 22.0. The molecule has 0 bridgehead atoms. The number of aromatic nitrogens is 5. The van der Waals surface area contributed by atoms with E-state index in [1.807, 2.05) is 31.2 Å². The van der Waals surface area contributed by atoms with Gasteiger partial charge in [-0.3, -0.25) is 14.0 Å². The Balaban J connectivity index is 1.54. The zero-order chi connectivity index (χ0) is 26.3. The molecular formula is C26H29ClFN7O2. The standard InChI is InChI=1S/C26H29ClFN7O2/c1-16-30-21-12-23(31-25(24(21)26(36)33(16)4)19-6-5-18(27)11-20(19)28)34-9-10-37-22(15-34)17-13-29-35(14-17)8-7-32(2)3/h5-6,11-14,22H,7-10,15H2,1-4H3/t22-/m1/s1. The molecule has 0 aliphatic carbocycles. The summed E-state index contributed by atoms with van der Waals surface area (Å²) in [5.41, 5.74) is 1.61. The molecule has 0 radical (unpaired) electrons. The van der Waals surface area contributed by atoms with Gasteiger partial charge in [0, 0.05) is 55.1 Å². The van der Waals surface area contributed by atoms with Crippen LogP contribution in [-0.2, 0) is 18.3 Å². The van der Waals surface area contributed by atoms with Crippen LogP contribution in [0.1, 0.15) is 17.5 Å². The number of aryl methyl sites for hydroxylation is 1. The summed E-state index contributed by atoms with van der Waals surface area (Å²) in [6.07, 6.45) is 3.64. The highest BCUT2D eigenvalue weighted by molar-refractivity contribution is 6.30. The summed E-state index contributed by atoms with van der Waals surface area (Å²) in [5, 5.41) is 5.01. The van der Waals surface area contributed by atoms with E-state index in [0.29, 0.717) is 36.9 Å². The summed E-state index contributed by atoms with van der Waals surface area (Å²) < 4.78 is 24.5. The average Bonchev–Trinajstić information content (AvgIpc) is 3.35. The molecular weight excluding hydrogens is 497 g/mol. The number of anilines is 1. The highest BCUT2D eigenvalue weighted by Gasteiger charge is 2.26. The second-order valence-corrected chi connectivity index (χ2v) is 9.95.